The van der Waals surface area contributed by atoms with Gasteiger partial charge in [-0.05, 0) is 6.92 Å². The summed E-state index contributed by atoms with van der Waals surface area (Å²) in [6.45, 7) is 2.22. The topological polar surface area (TPSA) is 84.2 Å². The van der Waals surface area contributed by atoms with Gasteiger partial charge in [0, 0.05) is 25.0 Å². The van der Waals surface area contributed by atoms with E-state index in [1.54, 1.807) is 30.2 Å². The smallest absolute Gasteiger partial charge is 0.394 e. The minimum absolute atomic E-state index is 0.243. The van der Waals surface area contributed by atoms with Gasteiger partial charge in [0.25, 0.3) is 0 Å². The standard InChI is InChI=1S/C8H11N3O3/c1-6(10-7(12)8(13)14)4-11-3-2-9-5-11/h2-3,5-6H,4H2,1H3,(H,10,12)(H,13,14). The molecule has 0 bridgehead atoms. The molecule has 1 rings (SSSR count). The van der Waals surface area contributed by atoms with E-state index >= 15 is 0 Å². The largest absolute Gasteiger partial charge is 0.474 e. The molecule has 0 aromatic carbocycles. The number of hydrogen-bond acceptors (Lipinski definition) is 3. The van der Waals surface area contributed by atoms with Gasteiger partial charge in [0.05, 0.1) is 6.33 Å². The Labute approximate surface area is 80.6 Å². The number of imidazole rings is 1. The quantitative estimate of drug-likeness (QED) is 0.638. The van der Waals surface area contributed by atoms with Gasteiger partial charge in [0.15, 0.2) is 0 Å². The lowest BCUT2D eigenvalue weighted by Gasteiger charge is -2.12. The monoisotopic (exact) mass is 197 g/mol. The number of carboxylic acid groups (broad SMARTS) is 1. The zero-order valence-electron chi connectivity index (χ0n) is 7.67. The molecule has 1 aromatic heterocycles. The fourth-order valence-corrected chi connectivity index (χ4v) is 1.04. The SMILES string of the molecule is CC(Cn1ccnc1)NC(=O)C(=O)O. The van der Waals surface area contributed by atoms with Gasteiger partial charge in [-0.25, -0.2) is 9.78 Å². The molecule has 14 heavy (non-hydrogen) atoms. The summed E-state index contributed by atoms with van der Waals surface area (Å²) >= 11 is 0. The predicted molar refractivity (Wildman–Crippen MR) is 47.5 cm³/mol. The van der Waals surface area contributed by atoms with Crippen molar-refractivity contribution in [3.8, 4) is 0 Å². The molecule has 1 atom stereocenters. The van der Waals surface area contributed by atoms with Gasteiger partial charge in [0.1, 0.15) is 0 Å². The number of hydrogen-bond donors (Lipinski definition) is 2. The Balaban J connectivity index is 2.40. The van der Waals surface area contributed by atoms with Gasteiger partial charge in [-0.2, -0.15) is 0 Å². The Morgan fingerprint density at radius 1 is 1.64 bits per heavy atom. The summed E-state index contributed by atoms with van der Waals surface area (Å²) in [7, 11) is 0. The summed E-state index contributed by atoms with van der Waals surface area (Å²) in [4.78, 5) is 24.8. The molecule has 1 aromatic rings. The molecule has 0 aliphatic rings. The van der Waals surface area contributed by atoms with Gasteiger partial charge in [-0.1, -0.05) is 0 Å². The Morgan fingerprint density at radius 2 is 2.36 bits per heavy atom. The van der Waals surface area contributed by atoms with E-state index in [-0.39, 0.29) is 6.04 Å². The highest BCUT2D eigenvalue weighted by Gasteiger charge is 2.13. The molecule has 0 aliphatic heterocycles. The first-order chi connectivity index (χ1) is 6.59. The number of carbonyl (C=O) groups is 2. The highest BCUT2D eigenvalue weighted by molar-refractivity contribution is 6.31. The van der Waals surface area contributed by atoms with E-state index < -0.39 is 11.9 Å². The van der Waals surface area contributed by atoms with Crippen LogP contribution in [-0.4, -0.2) is 32.6 Å². The Morgan fingerprint density at radius 3 is 2.86 bits per heavy atom. The molecule has 0 aliphatic carbocycles. The molecule has 76 valence electrons. The van der Waals surface area contributed by atoms with Crippen LogP contribution in [0.2, 0.25) is 0 Å². The van der Waals surface area contributed by atoms with E-state index in [1.165, 1.54) is 0 Å². The minimum atomic E-state index is -1.47. The van der Waals surface area contributed by atoms with Gasteiger partial charge in [-0.3, -0.25) is 4.79 Å². The maximum Gasteiger partial charge on any atom is 0.394 e. The van der Waals surface area contributed by atoms with Gasteiger partial charge in [0.2, 0.25) is 0 Å². The molecule has 0 saturated carbocycles. The summed E-state index contributed by atoms with van der Waals surface area (Å²) in [5, 5.41) is 10.7. The van der Waals surface area contributed by atoms with Crippen LogP contribution in [-0.2, 0) is 16.1 Å². The maximum absolute atomic E-state index is 10.7. The van der Waals surface area contributed by atoms with Crippen molar-refractivity contribution < 1.29 is 14.7 Å². The van der Waals surface area contributed by atoms with Gasteiger partial charge >= 0.3 is 11.9 Å². The molecule has 0 spiro atoms. The highest BCUT2D eigenvalue weighted by atomic mass is 16.4. The summed E-state index contributed by atoms with van der Waals surface area (Å²) in [6.07, 6.45) is 4.96. The van der Waals surface area contributed by atoms with Gasteiger partial charge in [-0.15, -0.1) is 0 Å². The molecule has 0 radical (unpaired) electrons. The molecular weight excluding hydrogens is 186 g/mol. The third kappa shape index (κ3) is 2.89. The number of aliphatic carboxylic acids is 1. The van der Waals surface area contributed by atoms with Crippen LogP contribution >= 0.6 is 0 Å². The lowest BCUT2D eigenvalue weighted by atomic mass is 10.3. The highest BCUT2D eigenvalue weighted by Crippen LogP contribution is 1.91. The molecule has 2 N–H and O–H groups in total. The van der Waals surface area contributed by atoms with Crippen LogP contribution in [0.5, 0.6) is 0 Å². The summed E-state index contributed by atoms with van der Waals surface area (Å²) < 4.78 is 1.76. The normalized spacial score (nSPS) is 12.1. The summed E-state index contributed by atoms with van der Waals surface area (Å²) in [5.74, 6) is -2.46. The average Bonchev–Trinajstić information content (AvgIpc) is 2.56. The van der Waals surface area contributed by atoms with Crippen LogP contribution in [0.1, 0.15) is 6.92 Å². The van der Waals surface area contributed by atoms with Gasteiger partial charge < -0.3 is 15.0 Å². The number of carbonyl (C=O) groups excluding carboxylic acids is 1. The van der Waals surface area contributed by atoms with E-state index in [0.717, 1.165) is 0 Å². The zero-order valence-corrected chi connectivity index (χ0v) is 7.67. The Kier molecular flexibility index (Phi) is 3.22. The molecular formula is C8H11N3O3. The number of amides is 1. The van der Waals surface area contributed by atoms with Crippen LogP contribution in [0, 0.1) is 0 Å². The second-order valence-electron chi connectivity index (χ2n) is 2.94. The number of aromatic nitrogens is 2. The van der Waals surface area contributed by atoms with Crippen molar-refractivity contribution in [1.29, 1.82) is 0 Å². The van der Waals surface area contributed by atoms with Crippen molar-refractivity contribution in [1.82, 2.24) is 14.9 Å². The van der Waals surface area contributed by atoms with Crippen molar-refractivity contribution in [3.63, 3.8) is 0 Å². The molecule has 0 saturated heterocycles. The molecule has 1 unspecified atom stereocenters. The fourth-order valence-electron chi connectivity index (χ4n) is 1.04. The lowest BCUT2D eigenvalue weighted by molar-refractivity contribution is -0.150. The third-order valence-electron chi connectivity index (χ3n) is 1.62. The Hall–Kier alpha value is -1.85. The predicted octanol–water partition coefficient (Wildman–Crippen LogP) is -0.528. The van der Waals surface area contributed by atoms with Crippen molar-refractivity contribution in [2.45, 2.75) is 19.5 Å². The second-order valence-corrected chi connectivity index (χ2v) is 2.94. The number of nitrogens with zero attached hydrogens (tertiary/aromatic N) is 2. The lowest BCUT2D eigenvalue weighted by Crippen LogP contribution is -2.39. The van der Waals surface area contributed by atoms with Crippen molar-refractivity contribution >= 4 is 11.9 Å². The zero-order chi connectivity index (χ0) is 10.6. The third-order valence-corrected chi connectivity index (χ3v) is 1.62. The second kappa shape index (κ2) is 4.40. The van der Waals surface area contributed by atoms with Crippen LogP contribution in [0.25, 0.3) is 0 Å². The fraction of sp³-hybridized carbons (Fsp3) is 0.375. The molecule has 6 heteroatoms. The number of carboxylic acids is 1. The number of rotatable bonds is 3. The average molecular weight is 197 g/mol. The van der Waals surface area contributed by atoms with E-state index in [4.69, 9.17) is 5.11 Å². The van der Waals surface area contributed by atoms with Crippen LogP contribution in [0.3, 0.4) is 0 Å². The maximum atomic E-state index is 10.7. The van der Waals surface area contributed by atoms with Crippen LogP contribution in [0.15, 0.2) is 18.7 Å². The van der Waals surface area contributed by atoms with E-state index in [2.05, 4.69) is 10.3 Å². The molecule has 6 nitrogen and oxygen atoms in total. The first-order valence-electron chi connectivity index (χ1n) is 4.09. The minimum Gasteiger partial charge on any atom is -0.474 e. The first kappa shape index (κ1) is 10.2. The Bertz CT molecular complexity index is 321. The van der Waals surface area contributed by atoms with Crippen molar-refractivity contribution in [2.24, 2.45) is 0 Å². The molecule has 0 fully saturated rings. The number of nitrogens with one attached hydrogen (secondary N) is 1. The van der Waals surface area contributed by atoms with Crippen LogP contribution in [0.4, 0.5) is 0 Å². The molecule has 1 heterocycles. The van der Waals surface area contributed by atoms with Crippen molar-refractivity contribution in [3.05, 3.63) is 18.7 Å². The summed E-state index contributed by atoms with van der Waals surface area (Å²) in [5.41, 5.74) is 0. The van der Waals surface area contributed by atoms with E-state index in [9.17, 15) is 9.59 Å². The van der Waals surface area contributed by atoms with E-state index in [0.29, 0.717) is 6.54 Å². The first-order valence-corrected chi connectivity index (χ1v) is 4.09. The molecule has 1 amide bonds. The summed E-state index contributed by atoms with van der Waals surface area (Å²) in [6, 6.07) is -0.243. The van der Waals surface area contributed by atoms with Crippen molar-refractivity contribution in [2.75, 3.05) is 0 Å². The van der Waals surface area contributed by atoms with E-state index in [1.807, 2.05) is 0 Å². The van der Waals surface area contributed by atoms with Crippen LogP contribution < -0.4 is 5.32 Å².